The van der Waals surface area contributed by atoms with Crippen LogP contribution in [0.3, 0.4) is 0 Å². The first-order valence-electron chi connectivity index (χ1n) is 7.13. The molecule has 0 atom stereocenters. The van der Waals surface area contributed by atoms with Crippen LogP contribution in [0.15, 0.2) is 42.5 Å². The molecule has 0 fully saturated rings. The van der Waals surface area contributed by atoms with Crippen molar-refractivity contribution in [1.82, 2.24) is 10.6 Å². The molecular formula is C17H18N2O4. The Kier molecular flexibility index (Phi) is 5.19. The number of rotatable bonds is 5. The van der Waals surface area contributed by atoms with Crippen molar-refractivity contribution in [2.75, 3.05) is 13.1 Å². The molecule has 23 heavy (non-hydrogen) atoms. The van der Waals surface area contributed by atoms with Crippen molar-refractivity contribution in [2.24, 2.45) is 0 Å². The topological polar surface area (TPSA) is 98.7 Å². The number of aryl methyl sites for hydroxylation is 1. The lowest BCUT2D eigenvalue weighted by Gasteiger charge is -2.09. The summed E-state index contributed by atoms with van der Waals surface area (Å²) < 4.78 is 0. The minimum Gasteiger partial charge on any atom is -0.504 e. The van der Waals surface area contributed by atoms with E-state index in [-0.39, 0.29) is 30.3 Å². The number of carbonyl (C=O) groups is 2. The average Bonchev–Trinajstić information content (AvgIpc) is 2.54. The Morgan fingerprint density at radius 1 is 0.913 bits per heavy atom. The van der Waals surface area contributed by atoms with Crippen molar-refractivity contribution in [3.05, 3.63) is 59.2 Å². The fourth-order valence-corrected chi connectivity index (χ4v) is 1.97. The van der Waals surface area contributed by atoms with E-state index in [0.717, 1.165) is 5.56 Å². The third kappa shape index (κ3) is 4.23. The van der Waals surface area contributed by atoms with Crippen LogP contribution in [0, 0.1) is 6.92 Å². The third-order valence-electron chi connectivity index (χ3n) is 3.27. The molecule has 0 bridgehead atoms. The molecule has 4 N–H and O–H groups in total. The maximum atomic E-state index is 11.9. The number of carbonyl (C=O) groups excluding carboxylic acids is 2. The lowest BCUT2D eigenvalue weighted by Crippen LogP contribution is -2.34. The highest BCUT2D eigenvalue weighted by Crippen LogP contribution is 2.27. The van der Waals surface area contributed by atoms with Gasteiger partial charge in [0.05, 0.1) is 5.56 Å². The summed E-state index contributed by atoms with van der Waals surface area (Å²) in [6.45, 7) is 2.39. The maximum Gasteiger partial charge on any atom is 0.255 e. The fraction of sp³-hybridized carbons (Fsp3) is 0.176. The molecular weight excluding hydrogens is 296 g/mol. The van der Waals surface area contributed by atoms with Gasteiger partial charge in [0.15, 0.2) is 11.5 Å². The summed E-state index contributed by atoms with van der Waals surface area (Å²) >= 11 is 0. The molecule has 0 radical (unpaired) electrons. The van der Waals surface area contributed by atoms with Crippen LogP contribution in [0.5, 0.6) is 11.5 Å². The van der Waals surface area contributed by atoms with Gasteiger partial charge >= 0.3 is 0 Å². The van der Waals surface area contributed by atoms with Crippen molar-refractivity contribution in [3.8, 4) is 11.5 Å². The van der Waals surface area contributed by atoms with Crippen molar-refractivity contribution >= 4 is 11.8 Å². The van der Waals surface area contributed by atoms with Gasteiger partial charge in [-0.1, -0.05) is 23.8 Å². The largest absolute Gasteiger partial charge is 0.504 e. The summed E-state index contributed by atoms with van der Waals surface area (Å²) in [5, 5.41) is 24.2. The molecule has 6 heteroatoms. The smallest absolute Gasteiger partial charge is 0.255 e. The Labute approximate surface area is 133 Å². The van der Waals surface area contributed by atoms with Crippen LogP contribution in [0.4, 0.5) is 0 Å². The Balaban J connectivity index is 1.81. The first-order valence-corrected chi connectivity index (χ1v) is 7.13. The molecule has 0 aliphatic heterocycles. The molecule has 0 aromatic heterocycles. The lowest BCUT2D eigenvalue weighted by molar-refractivity contribution is 0.0926. The van der Waals surface area contributed by atoms with Crippen LogP contribution in [-0.4, -0.2) is 35.1 Å². The van der Waals surface area contributed by atoms with Gasteiger partial charge in [-0.2, -0.15) is 0 Å². The van der Waals surface area contributed by atoms with Gasteiger partial charge in [-0.25, -0.2) is 0 Å². The molecule has 120 valence electrons. The molecule has 0 heterocycles. The van der Waals surface area contributed by atoms with Crippen LogP contribution < -0.4 is 10.6 Å². The SMILES string of the molecule is Cc1ccc(C(=O)NCCNC(=O)c2cccc(O)c2O)cc1. The van der Waals surface area contributed by atoms with E-state index < -0.39 is 11.7 Å². The van der Waals surface area contributed by atoms with Gasteiger partial charge in [-0.05, 0) is 31.2 Å². The molecule has 0 aliphatic rings. The van der Waals surface area contributed by atoms with Crippen LogP contribution in [0.25, 0.3) is 0 Å². The molecule has 2 aromatic rings. The van der Waals surface area contributed by atoms with Gasteiger partial charge in [0.2, 0.25) is 0 Å². The van der Waals surface area contributed by atoms with Gasteiger partial charge in [0.1, 0.15) is 0 Å². The number of amides is 2. The van der Waals surface area contributed by atoms with Crippen molar-refractivity contribution in [1.29, 1.82) is 0 Å². The zero-order valence-electron chi connectivity index (χ0n) is 12.7. The fourth-order valence-electron chi connectivity index (χ4n) is 1.97. The molecule has 0 saturated carbocycles. The maximum absolute atomic E-state index is 11.9. The lowest BCUT2D eigenvalue weighted by atomic mass is 10.1. The molecule has 0 aliphatic carbocycles. The standard InChI is InChI=1S/C17H18N2O4/c1-11-5-7-12(8-6-11)16(22)18-9-10-19-17(23)13-3-2-4-14(20)15(13)21/h2-8,20-21H,9-10H2,1H3,(H,18,22)(H,19,23). The van der Waals surface area contributed by atoms with E-state index in [2.05, 4.69) is 10.6 Å². The number of phenols is 2. The molecule has 2 rings (SSSR count). The minimum atomic E-state index is -0.525. The van der Waals surface area contributed by atoms with E-state index in [4.69, 9.17) is 0 Å². The number of benzene rings is 2. The Morgan fingerprint density at radius 3 is 2.17 bits per heavy atom. The highest BCUT2D eigenvalue weighted by atomic mass is 16.3. The molecule has 0 unspecified atom stereocenters. The summed E-state index contributed by atoms with van der Waals surface area (Å²) in [4.78, 5) is 23.7. The first kappa shape index (κ1) is 16.4. The summed E-state index contributed by atoms with van der Waals surface area (Å²) in [7, 11) is 0. The Morgan fingerprint density at radius 2 is 1.52 bits per heavy atom. The van der Waals surface area contributed by atoms with Gasteiger partial charge < -0.3 is 20.8 Å². The zero-order valence-corrected chi connectivity index (χ0v) is 12.7. The van der Waals surface area contributed by atoms with E-state index in [0.29, 0.717) is 5.56 Å². The molecule has 0 spiro atoms. The highest BCUT2D eigenvalue weighted by molar-refractivity contribution is 5.97. The van der Waals surface area contributed by atoms with E-state index >= 15 is 0 Å². The molecule has 0 saturated heterocycles. The number of para-hydroxylation sites is 1. The number of aromatic hydroxyl groups is 2. The van der Waals surface area contributed by atoms with E-state index in [1.54, 1.807) is 12.1 Å². The van der Waals surface area contributed by atoms with E-state index in [1.165, 1.54) is 18.2 Å². The van der Waals surface area contributed by atoms with E-state index in [1.807, 2.05) is 19.1 Å². The molecule has 2 aromatic carbocycles. The zero-order chi connectivity index (χ0) is 16.8. The van der Waals surface area contributed by atoms with Gasteiger partial charge in [-0.15, -0.1) is 0 Å². The summed E-state index contributed by atoms with van der Waals surface area (Å²) in [6.07, 6.45) is 0. The summed E-state index contributed by atoms with van der Waals surface area (Å²) in [5.74, 6) is -1.57. The Bertz CT molecular complexity index is 711. The highest BCUT2D eigenvalue weighted by Gasteiger charge is 2.13. The number of nitrogens with one attached hydrogen (secondary N) is 2. The monoisotopic (exact) mass is 314 g/mol. The first-order chi connectivity index (χ1) is 11.0. The number of hydrogen-bond donors (Lipinski definition) is 4. The molecule has 2 amide bonds. The second-order valence-electron chi connectivity index (χ2n) is 5.05. The second-order valence-corrected chi connectivity index (χ2v) is 5.05. The predicted molar refractivity (Wildman–Crippen MR) is 85.6 cm³/mol. The van der Waals surface area contributed by atoms with Crippen LogP contribution in [0.2, 0.25) is 0 Å². The third-order valence-corrected chi connectivity index (χ3v) is 3.27. The molecule has 6 nitrogen and oxygen atoms in total. The van der Waals surface area contributed by atoms with E-state index in [9.17, 15) is 19.8 Å². The quantitative estimate of drug-likeness (QED) is 0.497. The van der Waals surface area contributed by atoms with Crippen molar-refractivity contribution in [2.45, 2.75) is 6.92 Å². The van der Waals surface area contributed by atoms with Crippen LogP contribution >= 0.6 is 0 Å². The van der Waals surface area contributed by atoms with Crippen molar-refractivity contribution in [3.63, 3.8) is 0 Å². The van der Waals surface area contributed by atoms with Gasteiger partial charge in [0.25, 0.3) is 11.8 Å². The van der Waals surface area contributed by atoms with Crippen LogP contribution in [0.1, 0.15) is 26.3 Å². The van der Waals surface area contributed by atoms with Gasteiger partial charge in [0, 0.05) is 18.7 Å². The summed E-state index contributed by atoms with van der Waals surface area (Å²) in [6, 6.07) is 11.3. The van der Waals surface area contributed by atoms with Crippen molar-refractivity contribution < 1.29 is 19.8 Å². The average molecular weight is 314 g/mol. The Hall–Kier alpha value is -3.02. The number of hydrogen-bond acceptors (Lipinski definition) is 4. The predicted octanol–water partition coefficient (Wildman–Crippen LogP) is 1.57. The number of phenolic OH excluding ortho intramolecular Hbond substituents is 2. The second kappa shape index (κ2) is 7.31. The summed E-state index contributed by atoms with van der Waals surface area (Å²) in [5.41, 5.74) is 1.60. The minimum absolute atomic E-state index is 0.0186. The van der Waals surface area contributed by atoms with Gasteiger partial charge in [-0.3, -0.25) is 9.59 Å². The normalized spacial score (nSPS) is 10.1. The van der Waals surface area contributed by atoms with Crippen LogP contribution in [-0.2, 0) is 0 Å².